The van der Waals surface area contributed by atoms with Crippen LogP contribution in [0.15, 0.2) is 97.1 Å². The Morgan fingerprint density at radius 2 is 1.51 bits per heavy atom. The fraction of sp³-hybridized carbons (Fsp3) is 0.419. The van der Waals surface area contributed by atoms with Crippen molar-refractivity contribution in [1.82, 2.24) is 10.2 Å². The van der Waals surface area contributed by atoms with Crippen LogP contribution in [0.4, 0.5) is 5.69 Å². The van der Waals surface area contributed by atoms with Gasteiger partial charge in [0.25, 0.3) is 5.69 Å². The molecular formula is C43H51N3O5. The van der Waals surface area contributed by atoms with Crippen LogP contribution in [0, 0.1) is 10.1 Å². The summed E-state index contributed by atoms with van der Waals surface area (Å²) in [6, 6.07) is 32.4. The molecule has 6 rings (SSSR count). The van der Waals surface area contributed by atoms with Crippen LogP contribution in [-0.2, 0) is 29.5 Å². The summed E-state index contributed by atoms with van der Waals surface area (Å²) in [6.45, 7) is 2.71. The molecule has 1 aliphatic heterocycles. The van der Waals surface area contributed by atoms with E-state index in [1.807, 2.05) is 0 Å². The first kappa shape index (κ1) is 36.1. The average Bonchev–Trinajstić information content (AvgIpc) is 3.16. The number of amides is 1. The van der Waals surface area contributed by atoms with E-state index in [0.717, 1.165) is 69.5 Å². The first-order chi connectivity index (χ1) is 24.9. The number of benzene rings is 4. The molecule has 8 nitrogen and oxygen atoms in total. The van der Waals surface area contributed by atoms with Crippen LogP contribution in [0.5, 0.6) is 11.5 Å². The van der Waals surface area contributed by atoms with Crippen molar-refractivity contribution in [3.8, 4) is 11.5 Å². The highest BCUT2D eigenvalue weighted by Gasteiger charge is 2.42. The van der Waals surface area contributed by atoms with Gasteiger partial charge in [-0.25, -0.2) is 0 Å². The first-order valence-electron chi connectivity index (χ1n) is 18.5. The largest absolute Gasteiger partial charge is 0.493 e. The number of nitro benzene ring substituents is 1. The number of nitrogens with zero attached hydrogens (tertiary/aromatic N) is 2. The maximum atomic E-state index is 12.9. The van der Waals surface area contributed by atoms with Gasteiger partial charge in [0.15, 0.2) is 11.5 Å². The molecule has 4 aromatic rings. The van der Waals surface area contributed by atoms with E-state index in [9.17, 15) is 14.9 Å². The molecule has 1 spiro atoms. The minimum atomic E-state index is -0.428. The molecule has 1 amide bonds. The van der Waals surface area contributed by atoms with Crippen molar-refractivity contribution in [1.29, 1.82) is 0 Å². The summed E-state index contributed by atoms with van der Waals surface area (Å²) in [6.07, 6.45) is 10.8. The number of fused-ring (bicyclic) bond motifs is 1. The zero-order chi connectivity index (χ0) is 35.7. The Morgan fingerprint density at radius 1 is 0.843 bits per heavy atom. The number of rotatable bonds is 15. The van der Waals surface area contributed by atoms with Crippen molar-refractivity contribution in [2.45, 2.75) is 81.6 Å². The molecule has 1 N–H and O–H groups in total. The molecule has 0 saturated carbocycles. The molecule has 2 aliphatic rings. The van der Waals surface area contributed by atoms with Gasteiger partial charge in [0.05, 0.1) is 25.6 Å². The van der Waals surface area contributed by atoms with Gasteiger partial charge in [-0.1, -0.05) is 79.2 Å². The Labute approximate surface area is 302 Å². The van der Waals surface area contributed by atoms with E-state index in [2.05, 4.69) is 83.0 Å². The summed E-state index contributed by atoms with van der Waals surface area (Å²) in [5, 5.41) is 14.3. The monoisotopic (exact) mass is 689 g/mol. The van der Waals surface area contributed by atoms with Crippen LogP contribution in [-0.4, -0.2) is 55.1 Å². The summed E-state index contributed by atoms with van der Waals surface area (Å²) < 4.78 is 11.3. The van der Waals surface area contributed by atoms with E-state index >= 15 is 0 Å². The molecule has 51 heavy (non-hydrogen) atoms. The molecule has 0 radical (unpaired) electrons. The summed E-state index contributed by atoms with van der Waals surface area (Å²) in [7, 11) is 3.43. The molecular weight excluding hydrogens is 638 g/mol. The lowest BCUT2D eigenvalue weighted by molar-refractivity contribution is -0.384. The standard InChI is InChI=1S/C43H51N3O5/c1-50-39-30-34-20-24-42(32-35(34)31-40(39)51-2)21-9-10-26-45(42)27-13-23-43(36-15-5-3-6-16-36,37-17-7-4-8-18-37)22-12-25-44-41(47)29-33-14-11-19-38(28-33)46(48)49/h3-8,11,14-19,28,30-31H,9-10,12-13,20-27,29,32H2,1-2H3,(H,44,47). The molecule has 1 saturated heterocycles. The summed E-state index contributed by atoms with van der Waals surface area (Å²) in [5.74, 6) is 1.50. The van der Waals surface area contributed by atoms with Crippen LogP contribution in [0.3, 0.4) is 0 Å². The van der Waals surface area contributed by atoms with E-state index < -0.39 is 4.92 Å². The molecule has 0 aromatic heterocycles. The van der Waals surface area contributed by atoms with Gasteiger partial charge in [0, 0.05) is 29.6 Å². The Morgan fingerprint density at radius 3 is 2.18 bits per heavy atom. The molecule has 4 aromatic carbocycles. The number of nitro groups is 1. The third-order valence-corrected chi connectivity index (χ3v) is 11.3. The third-order valence-electron chi connectivity index (χ3n) is 11.3. The first-order valence-corrected chi connectivity index (χ1v) is 18.5. The number of non-ortho nitro benzene ring substituents is 1. The Kier molecular flexibility index (Phi) is 11.7. The van der Waals surface area contributed by atoms with Crippen molar-refractivity contribution in [3.05, 3.63) is 135 Å². The Hall–Kier alpha value is -4.69. The Bertz CT molecular complexity index is 1740. The predicted molar refractivity (Wildman–Crippen MR) is 202 cm³/mol. The molecule has 1 aliphatic carbocycles. The number of hydrogen-bond donors (Lipinski definition) is 1. The highest BCUT2D eigenvalue weighted by Crippen LogP contribution is 2.45. The lowest BCUT2D eigenvalue weighted by Crippen LogP contribution is -2.55. The van der Waals surface area contributed by atoms with Gasteiger partial charge < -0.3 is 14.8 Å². The second-order valence-corrected chi connectivity index (χ2v) is 14.3. The van der Waals surface area contributed by atoms with Gasteiger partial charge in [0.1, 0.15) is 0 Å². The zero-order valence-electron chi connectivity index (χ0n) is 30.1. The molecule has 0 bridgehead atoms. The summed E-state index contributed by atoms with van der Waals surface area (Å²) in [4.78, 5) is 26.5. The highest BCUT2D eigenvalue weighted by molar-refractivity contribution is 5.78. The zero-order valence-corrected chi connectivity index (χ0v) is 30.1. The van der Waals surface area contributed by atoms with Gasteiger partial charge in [-0.2, -0.15) is 0 Å². The van der Waals surface area contributed by atoms with Crippen LogP contribution in [0.25, 0.3) is 0 Å². The minimum Gasteiger partial charge on any atom is -0.493 e. The predicted octanol–water partition coefficient (Wildman–Crippen LogP) is 8.23. The number of carbonyl (C=O) groups excluding carboxylic acids is 1. The van der Waals surface area contributed by atoms with Crippen molar-refractivity contribution >= 4 is 11.6 Å². The van der Waals surface area contributed by atoms with Crippen LogP contribution >= 0.6 is 0 Å². The number of piperidine rings is 1. The van der Waals surface area contributed by atoms with Gasteiger partial charge in [-0.05, 0) is 111 Å². The third kappa shape index (κ3) is 8.28. The Balaban J connectivity index is 1.17. The number of aryl methyl sites for hydroxylation is 1. The van der Waals surface area contributed by atoms with Crippen molar-refractivity contribution < 1.29 is 19.2 Å². The number of methoxy groups -OCH3 is 2. The maximum Gasteiger partial charge on any atom is 0.269 e. The fourth-order valence-corrected chi connectivity index (χ4v) is 8.76. The fourth-order valence-electron chi connectivity index (χ4n) is 8.76. The maximum absolute atomic E-state index is 12.9. The number of hydrogen-bond acceptors (Lipinski definition) is 6. The van der Waals surface area contributed by atoms with E-state index in [4.69, 9.17) is 9.47 Å². The molecule has 1 heterocycles. The quantitative estimate of drug-likeness (QED) is 0.0768. The van der Waals surface area contributed by atoms with Gasteiger partial charge in [0.2, 0.25) is 5.91 Å². The molecule has 1 unspecified atom stereocenters. The lowest BCUT2D eigenvalue weighted by atomic mass is 9.68. The van der Waals surface area contributed by atoms with Gasteiger partial charge in [-0.3, -0.25) is 19.8 Å². The van der Waals surface area contributed by atoms with Gasteiger partial charge in [-0.15, -0.1) is 0 Å². The minimum absolute atomic E-state index is 0.000444. The number of carbonyl (C=O) groups is 1. The van der Waals surface area contributed by atoms with Crippen molar-refractivity contribution in [3.63, 3.8) is 0 Å². The van der Waals surface area contributed by atoms with E-state index in [-0.39, 0.29) is 29.0 Å². The average molecular weight is 690 g/mol. The van der Waals surface area contributed by atoms with Crippen molar-refractivity contribution in [2.75, 3.05) is 33.9 Å². The van der Waals surface area contributed by atoms with Crippen LogP contribution in [0.1, 0.15) is 79.2 Å². The second kappa shape index (κ2) is 16.6. The normalized spacial score (nSPS) is 17.5. The second-order valence-electron chi connectivity index (χ2n) is 14.3. The molecule has 1 atom stereocenters. The van der Waals surface area contributed by atoms with Crippen LogP contribution < -0.4 is 14.8 Å². The van der Waals surface area contributed by atoms with Crippen LogP contribution in [0.2, 0.25) is 0 Å². The van der Waals surface area contributed by atoms with E-state index in [1.165, 1.54) is 53.6 Å². The molecule has 1 fully saturated rings. The van der Waals surface area contributed by atoms with E-state index in [1.54, 1.807) is 26.4 Å². The van der Waals surface area contributed by atoms with E-state index in [0.29, 0.717) is 12.1 Å². The summed E-state index contributed by atoms with van der Waals surface area (Å²) >= 11 is 0. The topological polar surface area (TPSA) is 93.9 Å². The number of likely N-dealkylation sites (tertiary alicyclic amines) is 1. The lowest BCUT2D eigenvalue weighted by Gasteiger charge is -2.50. The van der Waals surface area contributed by atoms with Gasteiger partial charge >= 0.3 is 0 Å². The SMILES string of the molecule is COc1cc2c(cc1OC)CC1(CCCCN1CCCC(CCCNC(=O)Cc1cccc([N+](=O)[O-])c1)(c1ccccc1)c1ccccc1)CC2. The number of nitrogens with one attached hydrogen (secondary N) is 1. The van der Waals surface area contributed by atoms with Crippen molar-refractivity contribution in [2.24, 2.45) is 0 Å². The highest BCUT2D eigenvalue weighted by atomic mass is 16.6. The smallest absolute Gasteiger partial charge is 0.269 e. The molecule has 8 heteroatoms. The number of ether oxygens (including phenoxy) is 2. The summed E-state index contributed by atoms with van der Waals surface area (Å²) in [5.41, 5.74) is 5.98. The molecule has 268 valence electrons.